The number of carbonyl (C=O) groups excluding carboxylic acids is 1. The van der Waals surface area contributed by atoms with Crippen LogP contribution in [0.2, 0.25) is 5.02 Å². The highest BCUT2D eigenvalue weighted by molar-refractivity contribution is 6.30. The van der Waals surface area contributed by atoms with Crippen LogP contribution in [0.5, 0.6) is 6.01 Å². The van der Waals surface area contributed by atoms with Gasteiger partial charge in [-0.1, -0.05) is 11.6 Å². The number of aryl methyl sites for hydroxylation is 1. The summed E-state index contributed by atoms with van der Waals surface area (Å²) in [5.74, 6) is 0.136. The van der Waals surface area contributed by atoms with E-state index in [0.717, 1.165) is 5.56 Å². The normalized spacial score (nSPS) is 10.4. The van der Waals surface area contributed by atoms with Crippen LogP contribution in [0.1, 0.15) is 5.56 Å². The van der Waals surface area contributed by atoms with E-state index in [4.69, 9.17) is 21.4 Å². The third-order valence-corrected chi connectivity index (χ3v) is 3.37. The molecule has 0 spiro atoms. The van der Waals surface area contributed by atoms with Crippen molar-refractivity contribution < 1.29 is 24.2 Å². The summed E-state index contributed by atoms with van der Waals surface area (Å²) in [6, 6.07) is 4.34. The van der Waals surface area contributed by atoms with Crippen LogP contribution in [0.25, 0.3) is 0 Å². The number of amides is 2. The summed E-state index contributed by atoms with van der Waals surface area (Å²) >= 11 is 5.87. The zero-order valence-corrected chi connectivity index (χ0v) is 14.3. The summed E-state index contributed by atoms with van der Waals surface area (Å²) in [5, 5.41) is 14.5. The van der Waals surface area contributed by atoms with Crippen LogP contribution in [0.15, 0.2) is 24.4 Å². The molecule has 0 radical (unpaired) electrons. The summed E-state index contributed by atoms with van der Waals surface area (Å²) in [6.45, 7) is 2.44. The molecule has 0 aliphatic carbocycles. The molecule has 1 aromatic carbocycles. The fourth-order valence-corrected chi connectivity index (χ4v) is 2.23. The molecule has 0 bridgehead atoms. The van der Waals surface area contributed by atoms with Gasteiger partial charge in [0.2, 0.25) is 0 Å². The van der Waals surface area contributed by atoms with E-state index >= 15 is 0 Å². The fourth-order valence-electron chi connectivity index (χ4n) is 2.01. The van der Waals surface area contributed by atoms with Gasteiger partial charge in [0.25, 0.3) is 0 Å². The number of urea groups is 1. The van der Waals surface area contributed by atoms with Gasteiger partial charge in [-0.3, -0.25) is 9.88 Å². The molecule has 0 aliphatic heterocycles. The minimum absolute atomic E-state index is 0.136. The Hall–Kier alpha value is -2.78. The molecule has 0 saturated carbocycles. The van der Waals surface area contributed by atoms with Crippen LogP contribution in [0.3, 0.4) is 0 Å². The number of hydrogen-bond acceptors (Lipinski definition) is 5. The summed E-state index contributed by atoms with van der Waals surface area (Å²) in [5.41, 5.74) is 1.38. The van der Waals surface area contributed by atoms with Crippen molar-refractivity contribution in [1.82, 2.24) is 9.55 Å². The third kappa shape index (κ3) is 5.37. The van der Waals surface area contributed by atoms with Crippen LogP contribution in [-0.2, 0) is 11.3 Å². The topological polar surface area (TPSA) is 115 Å². The fraction of sp³-hybridized carbons (Fsp3) is 0.267. The second-order valence-corrected chi connectivity index (χ2v) is 5.44. The van der Waals surface area contributed by atoms with Gasteiger partial charge in [0.1, 0.15) is 0 Å². The molecule has 10 heteroatoms. The van der Waals surface area contributed by atoms with E-state index in [0.29, 0.717) is 23.9 Å². The highest BCUT2D eigenvalue weighted by Crippen LogP contribution is 2.20. The number of hydrogen-bond donors (Lipinski definition) is 3. The lowest BCUT2D eigenvalue weighted by Crippen LogP contribution is -2.20. The molecule has 25 heavy (non-hydrogen) atoms. The number of anilines is 2. The Labute approximate surface area is 148 Å². The van der Waals surface area contributed by atoms with E-state index in [1.54, 1.807) is 25.1 Å². The van der Waals surface area contributed by atoms with Crippen molar-refractivity contribution in [2.45, 2.75) is 13.5 Å². The second-order valence-electron chi connectivity index (χ2n) is 5.00. The molecule has 1 aromatic heterocycles. The number of benzene rings is 1. The lowest BCUT2D eigenvalue weighted by atomic mass is 10.2. The number of halogens is 1. The lowest BCUT2D eigenvalue weighted by molar-refractivity contribution is 0.135. The van der Waals surface area contributed by atoms with Crippen molar-refractivity contribution in [3.8, 4) is 6.01 Å². The molecule has 1 heterocycles. The highest BCUT2D eigenvalue weighted by atomic mass is 35.5. The predicted octanol–water partition coefficient (Wildman–Crippen LogP) is 3.19. The molecule has 0 saturated heterocycles. The number of nitrogens with one attached hydrogen (secondary N) is 2. The van der Waals surface area contributed by atoms with Gasteiger partial charge in [-0.05, 0) is 30.7 Å². The molecule has 2 rings (SSSR count). The molecule has 2 aromatic rings. The van der Waals surface area contributed by atoms with E-state index < -0.39 is 12.2 Å². The number of rotatable bonds is 6. The number of methoxy groups -OCH3 is 1. The van der Waals surface area contributed by atoms with Crippen molar-refractivity contribution in [1.29, 1.82) is 0 Å². The summed E-state index contributed by atoms with van der Waals surface area (Å²) in [4.78, 5) is 26.7. The number of nitrogens with zero attached hydrogens (tertiary/aromatic N) is 2. The number of carbonyl (C=O) groups is 2. The number of imidazole rings is 1. The molecule has 2 amide bonds. The molecular formula is C15H17ClN4O5. The van der Waals surface area contributed by atoms with E-state index in [1.807, 2.05) is 0 Å². The third-order valence-electron chi connectivity index (χ3n) is 3.13. The van der Waals surface area contributed by atoms with Crippen molar-refractivity contribution >= 4 is 35.3 Å². The molecule has 134 valence electrons. The Morgan fingerprint density at radius 2 is 2.12 bits per heavy atom. The van der Waals surface area contributed by atoms with Gasteiger partial charge in [-0.25, -0.2) is 9.59 Å². The Kier molecular flexibility index (Phi) is 6.20. The Morgan fingerprint density at radius 1 is 1.36 bits per heavy atom. The Balaban J connectivity index is 2.08. The van der Waals surface area contributed by atoms with Crippen molar-refractivity contribution in [2.75, 3.05) is 24.4 Å². The molecule has 0 fully saturated rings. The van der Waals surface area contributed by atoms with Crippen LogP contribution >= 0.6 is 11.6 Å². The largest absolute Gasteiger partial charge is 0.513 e. The first-order chi connectivity index (χ1) is 11.9. The maximum Gasteiger partial charge on any atom is 0.513 e. The van der Waals surface area contributed by atoms with Gasteiger partial charge >= 0.3 is 18.2 Å². The number of carboxylic acid groups (broad SMARTS) is 1. The van der Waals surface area contributed by atoms with Crippen LogP contribution < -0.4 is 15.4 Å². The highest BCUT2D eigenvalue weighted by Gasteiger charge is 2.14. The molecule has 0 atom stereocenters. The smallest absolute Gasteiger partial charge is 0.449 e. The van der Waals surface area contributed by atoms with Crippen molar-refractivity contribution in [2.24, 2.45) is 0 Å². The second kappa shape index (κ2) is 8.36. The van der Waals surface area contributed by atoms with Gasteiger partial charge in [0, 0.05) is 17.8 Å². The van der Waals surface area contributed by atoms with Gasteiger partial charge in [0.05, 0.1) is 19.3 Å². The Morgan fingerprint density at radius 3 is 2.76 bits per heavy atom. The van der Waals surface area contributed by atoms with E-state index in [1.165, 1.54) is 17.9 Å². The van der Waals surface area contributed by atoms with E-state index in [9.17, 15) is 9.59 Å². The SMILES string of the molecule is COCCn1cc(NC(=O)Nc2ccc(Cl)cc2C)nc1OC(=O)O. The predicted molar refractivity (Wildman–Crippen MR) is 91.6 cm³/mol. The zero-order valence-electron chi connectivity index (χ0n) is 13.6. The molecule has 0 aliphatic rings. The van der Waals surface area contributed by atoms with Crippen LogP contribution in [0, 0.1) is 6.92 Å². The quantitative estimate of drug-likeness (QED) is 0.674. The monoisotopic (exact) mass is 368 g/mol. The zero-order chi connectivity index (χ0) is 18.4. The first kappa shape index (κ1) is 18.6. The Bertz CT molecular complexity index is 777. The van der Waals surface area contributed by atoms with Crippen molar-refractivity contribution in [3.63, 3.8) is 0 Å². The lowest BCUT2D eigenvalue weighted by Gasteiger charge is -2.08. The first-order valence-electron chi connectivity index (χ1n) is 7.20. The molecule has 3 N–H and O–H groups in total. The summed E-state index contributed by atoms with van der Waals surface area (Å²) in [7, 11) is 1.51. The van der Waals surface area contributed by atoms with Crippen LogP contribution in [-0.4, -0.2) is 40.6 Å². The van der Waals surface area contributed by atoms with Crippen LogP contribution in [0.4, 0.5) is 21.1 Å². The van der Waals surface area contributed by atoms with Gasteiger partial charge in [-0.15, -0.1) is 0 Å². The standard InChI is InChI=1S/C15H17ClN4O5/c1-9-7-10(16)3-4-11(9)17-13(21)18-12-8-20(5-6-24-2)14(19-12)25-15(22)23/h3-4,7-8H,5-6H2,1-2H3,(H,22,23)(H2,17,18,21). The minimum atomic E-state index is -1.50. The maximum atomic E-state index is 12.1. The number of ether oxygens (including phenoxy) is 2. The average molecular weight is 369 g/mol. The van der Waals surface area contributed by atoms with E-state index in [-0.39, 0.29) is 11.8 Å². The summed E-state index contributed by atoms with van der Waals surface area (Å²) in [6.07, 6.45) is -0.0527. The molecule has 0 unspecified atom stereocenters. The first-order valence-corrected chi connectivity index (χ1v) is 7.58. The summed E-state index contributed by atoms with van der Waals surface area (Å²) < 4.78 is 10.9. The van der Waals surface area contributed by atoms with Crippen molar-refractivity contribution in [3.05, 3.63) is 35.0 Å². The van der Waals surface area contributed by atoms with E-state index in [2.05, 4.69) is 20.4 Å². The van der Waals surface area contributed by atoms with Gasteiger partial charge < -0.3 is 19.9 Å². The van der Waals surface area contributed by atoms with Gasteiger partial charge in [-0.2, -0.15) is 4.98 Å². The van der Waals surface area contributed by atoms with Gasteiger partial charge in [0.15, 0.2) is 5.82 Å². The maximum absolute atomic E-state index is 12.1. The molecular weight excluding hydrogens is 352 g/mol. The average Bonchev–Trinajstić information content (AvgIpc) is 2.88. The molecule has 9 nitrogen and oxygen atoms in total. The minimum Gasteiger partial charge on any atom is -0.449 e. The number of aromatic nitrogens is 2.